The molecule has 0 saturated carbocycles. The molecule has 0 fully saturated rings. The van der Waals surface area contributed by atoms with E-state index < -0.39 is 21.8 Å². The maximum absolute atomic E-state index is 13.6. The van der Waals surface area contributed by atoms with Gasteiger partial charge in [-0.1, -0.05) is 12.1 Å². The van der Waals surface area contributed by atoms with Crippen LogP contribution in [0, 0.1) is 12.7 Å². The molecule has 0 radical (unpaired) electrons. The van der Waals surface area contributed by atoms with Gasteiger partial charge in [-0.25, -0.2) is 17.6 Å². The highest BCUT2D eigenvalue weighted by Crippen LogP contribution is 2.25. The lowest BCUT2D eigenvalue weighted by Gasteiger charge is -2.17. The van der Waals surface area contributed by atoms with Gasteiger partial charge < -0.3 is 4.74 Å². The van der Waals surface area contributed by atoms with E-state index in [9.17, 15) is 17.6 Å². The minimum atomic E-state index is -3.95. The molecule has 2 aromatic carbocycles. The number of benzene rings is 2. The van der Waals surface area contributed by atoms with E-state index in [1.54, 1.807) is 12.1 Å². The van der Waals surface area contributed by atoms with Crippen molar-refractivity contribution < 1.29 is 22.3 Å². The molecule has 0 saturated heterocycles. The zero-order valence-corrected chi connectivity index (χ0v) is 13.1. The van der Waals surface area contributed by atoms with Crippen LogP contribution in [0.5, 0.6) is 0 Å². The van der Waals surface area contributed by atoms with Crippen molar-refractivity contribution in [2.45, 2.75) is 18.2 Å². The molecule has 0 bridgehead atoms. The van der Waals surface area contributed by atoms with Crippen molar-refractivity contribution in [1.29, 1.82) is 0 Å². The lowest BCUT2D eigenvalue weighted by atomic mass is 10.0. The Labute approximate surface area is 133 Å². The van der Waals surface area contributed by atoms with Gasteiger partial charge in [0.1, 0.15) is 5.82 Å². The van der Waals surface area contributed by atoms with Crippen molar-refractivity contribution in [2.24, 2.45) is 0 Å². The number of cyclic esters (lactones) is 1. The molecule has 1 N–H and O–H groups in total. The highest BCUT2D eigenvalue weighted by molar-refractivity contribution is 7.92. The van der Waals surface area contributed by atoms with Crippen LogP contribution in [0.1, 0.15) is 21.5 Å². The third kappa shape index (κ3) is 2.92. The number of hydrogen-bond acceptors (Lipinski definition) is 4. The summed E-state index contributed by atoms with van der Waals surface area (Å²) in [6.07, 6.45) is 0.594. The Balaban J connectivity index is 1.97. The molecule has 0 aromatic heterocycles. The summed E-state index contributed by atoms with van der Waals surface area (Å²) >= 11 is 0. The number of esters is 1. The molecule has 0 amide bonds. The van der Waals surface area contributed by atoms with E-state index in [1.165, 1.54) is 31.2 Å². The smallest absolute Gasteiger partial charge is 0.338 e. The van der Waals surface area contributed by atoms with Gasteiger partial charge in [0.15, 0.2) is 0 Å². The second kappa shape index (κ2) is 5.66. The molecule has 1 heterocycles. The van der Waals surface area contributed by atoms with E-state index in [2.05, 4.69) is 4.72 Å². The zero-order chi connectivity index (χ0) is 16.6. The van der Waals surface area contributed by atoms with Crippen molar-refractivity contribution in [3.8, 4) is 0 Å². The van der Waals surface area contributed by atoms with E-state index in [0.717, 1.165) is 5.56 Å². The quantitative estimate of drug-likeness (QED) is 0.875. The van der Waals surface area contributed by atoms with Crippen molar-refractivity contribution >= 4 is 21.7 Å². The molecule has 5 nitrogen and oxygen atoms in total. The van der Waals surface area contributed by atoms with Crippen LogP contribution in [0.25, 0.3) is 0 Å². The third-order valence-corrected chi connectivity index (χ3v) is 5.22. The zero-order valence-electron chi connectivity index (χ0n) is 12.3. The highest BCUT2D eigenvalue weighted by Gasteiger charge is 2.22. The monoisotopic (exact) mass is 335 g/mol. The summed E-state index contributed by atoms with van der Waals surface area (Å²) in [6.45, 7) is 1.72. The topological polar surface area (TPSA) is 72.5 Å². The van der Waals surface area contributed by atoms with Crippen molar-refractivity contribution in [2.75, 3.05) is 11.3 Å². The molecule has 7 heteroatoms. The molecule has 0 spiro atoms. The molecule has 0 atom stereocenters. The van der Waals surface area contributed by atoms with Gasteiger partial charge in [-0.05, 0) is 36.8 Å². The van der Waals surface area contributed by atoms with E-state index in [0.29, 0.717) is 18.6 Å². The first-order valence-electron chi connectivity index (χ1n) is 6.96. The van der Waals surface area contributed by atoms with Gasteiger partial charge in [0.25, 0.3) is 10.0 Å². The minimum Gasteiger partial charge on any atom is -0.462 e. The van der Waals surface area contributed by atoms with Crippen LogP contribution in [0.2, 0.25) is 0 Å². The standard InChI is InChI=1S/C16H14FNO4S/c1-10-14(17)3-2-4-15(10)23(20,21)18-12-6-5-11-7-8-22-16(19)13(11)9-12/h2-6,9,18H,7-8H2,1H3. The van der Waals surface area contributed by atoms with E-state index in [1.807, 2.05) is 0 Å². The predicted molar refractivity (Wildman–Crippen MR) is 82.4 cm³/mol. The summed E-state index contributed by atoms with van der Waals surface area (Å²) in [5.74, 6) is -1.07. The molecule has 1 aliphatic rings. The van der Waals surface area contributed by atoms with Gasteiger partial charge >= 0.3 is 5.97 Å². The van der Waals surface area contributed by atoms with Gasteiger partial charge in [0.2, 0.25) is 0 Å². The fourth-order valence-corrected chi connectivity index (χ4v) is 3.77. The van der Waals surface area contributed by atoms with Crippen LogP contribution in [-0.4, -0.2) is 21.0 Å². The maximum Gasteiger partial charge on any atom is 0.338 e. The Morgan fingerprint density at radius 3 is 2.78 bits per heavy atom. The number of rotatable bonds is 3. The average molecular weight is 335 g/mol. The molecular weight excluding hydrogens is 321 g/mol. The molecular formula is C16H14FNO4S. The first-order chi connectivity index (χ1) is 10.9. The first kappa shape index (κ1) is 15.5. The van der Waals surface area contributed by atoms with E-state index in [-0.39, 0.29) is 16.1 Å². The molecule has 23 heavy (non-hydrogen) atoms. The third-order valence-electron chi connectivity index (χ3n) is 3.69. The Morgan fingerprint density at radius 1 is 1.22 bits per heavy atom. The van der Waals surface area contributed by atoms with Gasteiger partial charge in [-0.15, -0.1) is 0 Å². The van der Waals surface area contributed by atoms with Crippen LogP contribution < -0.4 is 4.72 Å². The Morgan fingerprint density at radius 2 is 2.00 bits per heavy atom. The number of carbonyl (C=O) groups is 1. The first-order valence-corrected chi connectivity index (χ1v) is 8.45. The number of hydrogen-bond donors (Lipinski definition) is 1. The van der Waals surface area contributed by atoms with Crippen LogP contribution >= 0.6 is 0 Å². The van der Waals surface area contributed by atoms with Crippen LogP contribution in [0.3, 0.4) is 0 Å². The highest BCUT2D eigenvalue weighted by atomic mass is 32.2. The summed E-state index contributed by atoms with van der Waals surface area (Å²) in [5, 5.41) is 0. The normalized spacial score (nSPS) is 14.1. The number of anilines is 1. The van der Waals surface area contributed by atoms with Gasteiger partial charge in [0.05, 0.1) is 17.1 Å². The van der Waals surface area contributed by atoms with Crippen LogP contribution in [0.4, 0.5) is 10.1 Å². The molecule has 3 rings (SSSR count). The van der Waals surface area contributed by atoms with Gasteiger partial charge in [-0.2, -0.15) is 0 Å². The summed E-state index contributed by atoms with van der Waals surface area (Å²) < 4.78 is 45.7. The molecule has 1 aliphatic heterocycles. The summed E-state index contributed by atoms with van der Waals surface area (Å²) in [7, 11) is -3.95. The largest absolute Gasteiger partial charge is 0.462 e. The van der Waals surface area contributed by atoms with Crippen molar-refractivity contribution in [3.05, 3.63) is 58.9 Å². The summed E-state index contributed by atoms with van der Waals surface area (Å²) in [4.78, 5) is 11.6. The maximum atomic E-state index is 13.6. The SMILES string of the molecule is Cc1c(F)cccc1S(=O)(=O)Nc1ccc2c(c1)C(=O)OCC2. The van der Waals surface area contributed by atoms with Crippen LogP contribution in [0.15, 0.2) is 41.3 Å². The van der Waals surface area contributed by atoms with Gasteiger partial charge in [-0.3, -0.25) is 4.72 Å². The van der Waals surface area contributed by atoms with Crippen LogP contribution in [-0.2, 0) is 21.2 Å². The fourth-order valence-electron chi connectivity index (χ4n) is 2.47. The number of carbonyl (C=O) groups excluding carboxylic acids is 1. The Bertz CT molecular complexity index is 893. The second-order valence-electron chi connectivity index (χ2n) is 5.23. The summed E-state index contributed by atoms with van der Waals surface area (Å²) in [6, 6.07) is 8.55. The minimum absolute atomic E-state index is 0.0392. The number of sulfonamides is 1. The summed E-state index contributed by atoms with van der Waals surface area (Å²) in [5.41, 5.74) is 1.42. The second-order valence-corrected chi connectivity index (χ2v) is 6.88. The molecule has 2 aromatic rings. The lowest BCUT2D eigenvalue weighted by molar-refractivity contribution is 0.0480. The van der Waals surface area contributed by atoms with Crippen molar-refractivity contribution in [3.63, 3.8) is 0 Å². The Kier molecular flexibility index (Phi) is 3.81. The average Bonchev–Trinajstić information content (AvgIpc) is 2.50. The number of nitrogens with one attached hydrogen (secondary N) is 1. The van der Waals surface area contributed by atoms with Crippen molar-refractivity contribution in [1.82, 2.24) is 0 Å². The van der Waals surface area contributed by atoms with Gasteiger partial charge in [0, 0.05) is 17.7 Å². The number of fused-ring (bicyclic) bond motifs is 1. The Hall–Kier alpha value is -2.41. The number of halogens is 1. The molecule has 0 aliphatic carbocycles. The lowest BCUT2D eigenvalue weighted by Crippen LogP contribution is -2.19. The predicted octanol–water partition coefficient (Wildman–Crippen LogP) is 2.65. The fraction of sp³-hybridized carbons (Fsp3) is 0.188. The van der Waals surface area contributed by atoms with E-state index in [4.69, 9.17) is 4.74 Å². The van der Waals surface area contributed by atoms with E-state index >= 15 is 0 Å². The molecule has 0 unspecified atom stereocenters. The number of ether oxygens (including phenoxy) is 1. The molecule has 120 valence electrons.